The number of methoxy groups -OCH3 is 1. The zero-order chi connectivity index (χ0) is 23.3. The van der Waals surface area contributed by atoms with Crippen LogP contribution in [0.4, 0.5) is 10.1 Å². The number of carbonyl (C=O) groups is 2. The normalized spacial score (nSPS) is 14.2. The summed E-state index contributed by atoms with van der Waals surface area (Å²) in [6, 6.07) is 8.16. The van der Waals surface area contributed by atoms with Gasteiger partial charge >= 0.3 is 11.7 Å². The molecule has 32 heavy (non-hydrogen) atoms. The Morgan fingerprint density at radius 1 is 1.19 bits per heavy atom. The quantitative estimate of drug-likeness (QED) is 0.352. The summed E-state index contributed by atoms with van der Waals surface area (Å²) < 4.78 is 23.9. The number of nitro benzene ring substituents is 1. The largest absolute Gasteiger partial charge is 0.477 e. The van der Waals surface area contributed by atoms with E-state index in [-0.39, 0.29) is 23.0 Å². The number of amides is 1. The number of benzene rings is 2. The van der Waals surface area contributed by atoms with E-state index >= 15 is 0 Å². The number of piperazine rings is 1. The van der Waals surface area contributed by atoms with E-state index in [1.807, 2.05) is 4.90 Å². The monoisotopic (exact) mass is 465 g/mol. The van der Waals surface area contributed by atoms with Crippen LogP contribution in [0.15, 0.2) is 36.4 Å². The average molecular weight is 466 g/mol. The van der Waals surface area contributed by atoms with Crippen molar-refractivity contribution >= 4 is 29.2 Å². The first-order valence-electron chi connectivity index (χ1n) is 9.72. The third-order valence-corrected chi connectivity index (χ3v) is 5.45. The first kappa shape index (κ1) is 23.4. The maximum absolute atomic E-state index is 14.0. The molecule has 1 aliphatic heterocycles. The fourth-order valence-electron chi connectivity index (χ4n) is 3.32. The number of halogens is 2. The van der Waals surface area contributed by atoms with E-state index in [0.717, 1.165) is 6.07 Å². The summed E-state index contributed by atoms with van der Waals surface area (Å²) >= 11 is 6.08. The van der Waals surface area contributed by atoms with E-state index in [4.69, 9.17) is 16.3 Å². The molecule has 0 spiro atoms. The summed E-state index contributed by atoms with van der Waals surface area (Å²) in [5.74, 6) is -1.54. The summed E-state index contributed by atoms with van der Waals surface area (Å²) in [5.41, 5.74) is -0.0174. The Morgan fingerprint density at radius 3 is 2.53 bits per heavy atom. The zero-order valence-corrected chi connectivity index (χ0v) is 18.0. The van der Waals surface area contributed by atoms with Gasteiger partial charge in [-0.3, -0.25) is 19.8 Å². The molecule has 0 saturated carbocycles. The highest BCUT2D eigenvalue weighted by Gasteiger charge is 2.24. The smallest absolute Gasteiger partial charge is 0.338 e. The van der Waals surface area contributed by atoms with Crippen molar-refractivity contribution < 1.29 is 28.4 Å². The molecular weight excluding hydrogens is 445 g/mol. The number of rotatable bonds is 7. The summed E-state index contributed by atoms with van der Waals surface area (Å²) in [6.45, 7) is 1.78. The molecule has 1 heterocycles. The highest BCUT2D eigenvalue weighted by molar-refractivity contribution is 6.31. The molecule has 1 saturated heterocycles. The molecule has 2 aromatic carbocycles. The van der Waals surface area contributed by atoms with E-state index < -0.39 is 23.2 Å². The van der Waals surface area contributed by atoms with Crippen LogP contribution < -0.4 is 4.74 Å². The van der Waals surface area contributed by atoms with Crippen LogP contribution in [0.3, 0.4) is 0 Å². The van der Waals surface area contributed by atoms with Crippen molar-refractivity contribution in [1.82, 2.24) is 9.80 Å². The molecule has 0 N–H and O–H groups in total. The second-order valence-corrected chi connectivity index (χ2v) is 7.48. The van der Waals surface area contributed by atoms with E-state index in [2.05, 4.69) is 4.74 Å². The third-order valence-electron chi connectivity index (χ3n) is 5.10. The van der Waals surface area contributed by atoms with Crippen LogP contribution in [0.5, 0.6) is 5.75 Å². The van der Waals surface area contributed by atoms with Gasteiger partial charge in [-0.1, -0.05) is 17.7 Å². The molecule has 11 heteroatoms. The summed E-state index contributed by atoms with van der Waals surface area (Å²) in [6.07, 6.45) is 0. The average Bonchev–Trinajstić information content (AvgIpc) is 2.79. The van der Waals surface area contributed by atoms with Crippen LogP contribution in [0.1, 0.15) is 15.9 Å². The van der Waals surface area contributed by atoms with Crippen LogP contribution in [-0.2, 0) is 16.1 Å². The van der Waals surface area contributed by atoms with Crippen LogP contribution in [0, 0.1) is 15.9 Å². The molecule has 0 aliphatic carbocycles. The van der Waals surface area contributed by atoms with Gasteiger partial charge in [-0.05, 0) is 24.3 Å². The van der Waals surface area contributed by atoms with Gasteiger partial charge in [-0.25, -0.2) is 9.18 Å². The molecule has 1 fully saturated rings. The molecule has 1 aliphatic rings. The Balaban J connectivity index is 1.55. The SMILES string of the molecule is COC(=O)c1ccc(OCC(=O)N2CCN(Cc3c(F)cccc3Cl)CC2)c([N+](=O)[O-])c1. The molecule has 0 unspecified atom stereocenters. The van der Waals surface area contributed by atoms with Crippen molar-refractivity contribution in [2.24, 2.45) is 0 Å². The van der Waals surface area contributed by atoms with Crippen molar-refractivity contribution in [3.05, 3.63) is 68.5 Å². The topological polar surface area (TPSA) is 102 Å². The van der Waals surface area contributed by atoms with Gasteiger partial charge in [0, 0.05) is 49.4 Å². The van der Waals surface area contributed by atoms with Gasteiger partial charge in [0.1, 0.15) is 5.82 Å². The summed E-state index contributed by atoms with van der Waals surface area (Å²) in [5, 5.41) is 11.7. The number of ether oxygens (including phenoxy) is 2. The van der Waals surface area contributed by atoms with E-state index in [9.17, 15) is 24.1 Å². The van der Waals surface area contributed by atoms with Crippen molar-refractivity contribution in [1.29, 1.82) is 0 Å². The number of esters is 1. The summed E-state index contributed by atoms with van der Waals surface area (Å²) in [7, 11) is 1.17. The van der Waals surface area contributed by atoms with Crippen molar-refractivity contribution in [3.63, 3.8) is 0 Å². The predicted octanol–water partition coefficient (Wildman–Crippen LogP) is 2.90. The fraction of sp³-hybridized carbons (Fsp3) is 0.333. The lowest BCUT2D eigenvalue weighted by Crippen LogP contribution is -2.49. The predicted molar refractivity (Wildman–Crippen MR) is 113 cm³/mol. The number of carbonyl (C=O) groups excluding carboxylic acids is 2. The molecule has 170 valence electrons. The van der Waals surface area contributed by atoms with Gasteiger partial charge in [0.2, 0.25) is 0 Å². The molecule has 0 radical (unpaired) electrons. The van der Waals surface area contributed by atoms with Gasteiger partial charge in [0.05, 0.1) is 17.6 Å². The van der Waals surface area contributed by atoms with Crippen LogP contribution in [0.25, 0.3) is 0 Å². The lowest BCUT2D eigenvalue weighted by atomic mass is 10.2. The highest BCUT2D eigenvalue weighted by atomic mass is 35.5. The van der Waals surface area contributed by atoms with Gasteiger partial charge in [-0.2, -0.15) is 0 Å². The maximum atomic E-state index is 14.0. The third kappa shape index (κ3) is 5.51. The van der Waals surface area contributed by atoms with Crippen molar-refractivity contribution in [2.75, 3.05) is 39.9 Å². The zero-order valence-electron chi connectivity index (χ0n) is 17.3. The fourth-order valence-corrected chi connectivity index (χ4v) is 3.54. The van der Waals surface area contributed by atoms with Crippen LogP contribution >= 0.6 is 11.6 Å². The minimum atomic E-state index is -0.717. The number of nitro groups is 1. The van der Waals surface area contributed by atoms with E-state index in [0.29, 0.717) is 43.3 Å². The Hall–Kier alpha value is -3.24. The van der Waals surface area contributed by atoms with Crippen molar-refractivity contribution in [3.8, 4) is 5.75 Å². The molecule has 1 amide bonds. The Kier molecular flexibility index (Phi) is 7.60. The minimum absolute atomic E-state index is 0.00366. The lowest BCUT2D eigenvalue weighted by molar-refractivity contribution is -0.385. The van der Waals surface area contributed by atoms with Gasteiger partial charge in [0.15, 0.2) is 12.4 Å². The molecule has 2 aromatic rings. The van der Waals surface area contributed by atoms with Crippen LogP contribution in [0.2, 0.25) is 5.02 Å². The standard InChI is InChI=1S/C21H21ClFN3O6/c1-31-21(28)14-5-6-19(18(11-14)26(29)30)32-13-20(27)25-9-7-24(8-10-25)12-15-16(22)3-2-4-17(15)23/h2-6,11H,7-10,12-13H2,1H3. The molecule has 0 aromatic heterocycles. The number of hydrogen-bond acceptors (Lipinski definition) is 7. The van der Waals surface area contributed by atoms with Gasteiger partial charge in [0.25, 0.3) is 5.91 Å². The summed E-state index contributed by atoms with van der Waals surface area (Å²) in [4.78, 5) is 38.3. The van der Waals surface area contributed by atoms with E-state index in [1.165, 1.54) is 25.3 Å². The number of nitrogens with zero attached hydrogens (tertiary/aromatic N) is 3. The van der Waals surface area contributed by atoms with E-state index in [1.54, 1.807) is 17.0 Å². The second kappa shape index (κ2) is 10.4. The Morgan fingerprint density at radius 2 is 1.91 bits per heavy atom. The molecule has 0 bridgehead atoms. The van der Waals surface area contributed by atoms with Gasteiger partial charge in [-0.15, -0.1) is 0 Å². The second-order valence-electron chi connectivity index (χ2n) is 7.08. The molecule has 0 atom stereocenters. The lowest BCUT2D eigenvalue weighted by Gasteiger charge is -2.34. The van der Waals surface area contributed by atoms with Crippen LogP contribution in [-0.4, -0.2) is 66.5 Å². The molecular formula is C21H21ClFN3O6. The first-order chi connectivity index (χ1) is 15.3. The molecule has 9 nitrogen and oxygen atoms in total. The first-order valence-corrected chi connectivity index (χ1v) is 10.1. The highest BCUT2D eigenvalue weighted by Crippen LogP contribution is 2.28. The minimum Gasteiger partial charge on any atom is -0.477 e. The number of hydrogen-bond donors (Lipinski definition) is 0. The Labute approximate surface area is 188 Å². The van der Waals surface area contributed by atoms with Crippen molar-refractivity contribution in [2.45, 2.75) is 6.54 Å². The Bertz CT molecular complexity index is 1010. The molecule has 3 rings (SSSR count). The maximum Gasteiger partial charge on any atom is 0.338 e. The van der Waals surface area contributed by atoms with Gasteiger partial charge < -0.3 is 14.4 Å².